The van der Waals surface area contributed by atoms with Crippen molar-refractivity contribution in [3.63, 3.8) is 0 Å². The van der Waals surface area contributed by atoms with Gasteiger partial charge in [-0.2, -0.15) is 0 Å². The summed E-state index contributed by atoms with van der Waals surface area (Å²) in [7, 11) is 0. The summed E-state index contributed by atoms with van der Waals surface area (Å²) in [6, 6.07) is 4.54. The van der Waals surface area contributed by atoms with Crippen molar-refractivity contribution in [2.24, 2.45) is 0 Å². The predicted molar refractivity (Wildman–Crippen MR) is 99.3 cm³/mol. The molecule has 0 aliphatic carbocycles. The Balaban J connectivity index is 1.39. The normalized spacial score (nSPS) is 21.0. The van der Waals surface area contributed by atoms with Crippen LogP contribution in [0.25, 0.3) is 0 Å². The van der Waals surface area contributed by atoms with E-state index in [9.17, 15) is 14.0 Å². The van der Waals surface area contributed by atoms with Crippen LogP contribution in [0.1, 0.15) is 19.3 Å². The van der Waals surface area contributed by atoms with Gasteiger partial charge in [0, 0.05) is 50.2 Å². The molecule has 26 heavy (non-hydrogen) atoms. The van der Waals surface area contributed by atoms with E-state index in [1.807, 2.05) is 4.90 Å². The number of nitrogens with one attached hydrogen (secondary N) is 1. The Morgan fingerprint density at radius 2 is 2.04 bits per heavy atom. The molecule has 8 heteroatoms. The van der Waals surface area contributed by atoms with E-state index >= 15 is 0 Å². The number of hydrogen-bond acceptors (Lipinski definition) is 4. The molecule has 0 aromatic heterocycles. The van der Waals surface area contributed by atoms with E-state index in [2.05, 4.69) is 26.1 Å². The Morgan fingerprint density at radius 1 is 1.27 bits per heavy atom. The van der Waals surface area contributed by atoms with Gasteiger partial charge in [0.1, 0.15) is 11.9 Å². The second kappa shape index (κ2) is 8.92. The molecule has 3 rings (SSSR count). The summed E-state index contributed by atoms with van der Waals surface area (Å²) in [4.78, 5) is 28.4. The number of piperazine rings is 1. The summed E-state index contributed by atoms with van der Waals surface area (Å²) in [6.45, 7) is 4.04. The molecule has 2 fully saturated rings. The first-order valence-electron chi connectivity index (χ1n) is 8.90. The van der Waals surface area contributed by atoms with Crippen molar-refractivity contribution in [1.29, 1.82) is 0 Å². The zero-order valence-electron chi connectivity index (χ0n) is 14.5. The van der Waals surface area contributed by atoms with Gasteiger partial charge in [0.25, 0.3) is 5.91 Å². The summed E-state index contributed by atoms with van der Waals surface area (Å²) in [5.41, 5.74) is 0.185. The molecule has 1 aromatic carbocycles. The van der Waals surface area contributed by atoms with Crippen LogP contribution in [0.2, 0.25) is 0 Å². The van der Waals surface area contributed by atoms with Crippen LogP contribution in [0.3, 0.4) is 0 Å². The van der Waals surface area contributed by atoms with Crippen LogP contribution < -0.4 is 5.32 Å². The molecule has 2 aliphatic heterocycles. The number of benzene rings is 1. The van der Waals surface area contributed by atoms with Gasteiger partial charge >= 0.3 is 0 Å². The highest BCUT2D eigenvalue weighted by Crippen LogP contribution is 2.19. The molecule has 1 aromatic rings. The molecule has 2 amide bonds. The Hall–Kier alpha value is -1.51. The van der Waals surface area contributed by atoms with E-state index in [0.717, 1.165) is 25.9 Å². The summed E-state index contributed by atoms with van der Waals surface area (Å²) in [5, 5.41) is 2.60. The van der Waals surface area contributed by atoms with Crippen LogP contribution in [0, 0.1) is 5.82 Å². The fourth-order valence-corrected chi connectivity index (χ4v) is 3.56. The molecule has 0 spiro atoms. The standard InChI is InChI=1S/C18H23BrFN3O3/c19-13-3-4-15(14(20)12-13)21-17(24)5-6-22-7-9-23(10-8-22)18(25)16-2-1-11-26-16/h3-4,12,16H,1-2,5-11H2,(H,21,24)/t16-/m0/s1. The van der Waals surface area contributed by atoms with Gasteiger partial charge in [0.05, 0.1) is 5.69 Å². The summed E-state index contributed by atoms with van der Waals surface area (Å²) in [5.74, 6) is -0.594. The van der Waals surface area contributed by atoms with E-state index in [-0.39, 0.29) is 30.0 Å². The molecule has 1 N–H and O–H groups in total. The monoisotopic (exact) mass is 427 g/mol. The van der Waals surface area contributed by atoms with Gasteiger partial charge in [0.15, 0.2) is 0 Å². The molecule has 6 nitrogen and oxygen atoms in total. The number of anilines is 1. The third-order valence-electron chi connectivity index (χ3n) is 4.75. The minimum atomic E-state index is -0.464. The maximum Gasteiger partial charge on any atom is 0.251 e. The SMILES string of the molecule is O=C(CCN1CCN(C(=O)[C@@H]2CCCO2)CC1)Nc1ccc(Br)cc1F. The van der Waals surface area contributed by atoms with E-state index in [0.29, 0.717) is 30.7 Å². The van der Waals surface area contributed by atoms with Gasteiger partial charge < -0.3 is 15.0 Å². The van der Waals surface area contributed by atoms with E-state index in [1.54, 1.807) is 6.07 Å². The van der Waals surface area contributed by atoms with Crippen molar-refractivity contribution in [3.8, 4) is 0 Å². The maximum absolute atomic E-state index is 13.7. The van der Waals surface area contributed by atoms with Crippen molar-refractivity contribution in [3.05, 3.63) is 28.5 Å². The number of nitrogens with zero attached hydrogens (tertiary/aromatic N) is 2. The minimum Gasteiger partial charge on any atom is -0.368 e. The number of carbonyl (C=O) groups excluding carboxylic acids is 2. The molecular weight excluding hydrogens is 405 g/mol. The van der Waals surface area contributed by atoms with Crippen LogP contribution in [0.15, 0.2) is 22.7 Å². The van der Waals surface area contributed by atoms with Gasteiger partial charge in [-0.25, -0.2) is 4.39 Å². The fourth-order valence-electron chi connectivity index (χ4n) is 3.23. The number of carbonyl (C=O) groups is 2. The highest BCUT2D eigenvalue weighted by atomic mass is 79.9. The molecule has 2 saturated heterocycles. The predicted octanol–water partition coefficient (Wildman–Crippen LogP) is 2.24. The maximum atomic E-state index is 13.7. The number of ether oxygens (including phenoxy) is 1. The van der Waals surface area contributed by atoms with Crippen LogP contribution >= 0.6 is 15.9 Å². The Bertz CT molecular complexity index is 659. The Morgan fingerprint density at radius 3 is 2.69 bits per heavy atom. The van der Waals surface area contributed by atoms with Gasteiger partial charge in [-0.15, -0.1) is 0 Å². The third-order valence-corrected chi connectivity index (χ3v) is 5.24. The second-order valence-corrected chi connectivity index (χ2v) is 7.51. The molecule has 0 bridgehead atoms. The highest BCUT2D eigenvalue weighted by molar-refractivity contribution is 9.10. The zero-order valence-corrected chi connectivity index (χ0v) is 16.1. The summed E-state index contributed by atoms with van der Waals surface area (Å²) in [6.07, 6.45) is 1.78. The van der Waals surface area contributed by atoms with Crippen molar-refractivity contribution in [2.75, 3.05) is 44.6 Å². The first kappa shape index (κ1) is 19.3. The fraction of sp³-hybridized carbons (Fsp3) is 0.556. The number of hydrogen-bond donors (Lipinski definition) is 1. The lowest BCUT2D eigenvalue weighted by Crippen LogP contribution is -2.51. The van der Waals surface area contributed by atoms with Gasteiger partial charge in [-0.1, -0.05) is 15.9 Å². The van der Waals surface area contributed by atoms with E-state index < -0.39 is 5.82 Å². The Labute approximate surface area is 160 Å². The molecule has 0 saturated carbocycles. The molecule has 0 radical (unpaired) electrons. The molecule has 142 valence electrons. The lowest BCUT2D eigenvalue weighted by atomic mass is 10.2. The minimum absolute atomic E-state index is 0.0885. The van der Waals surface area contributed by atoms with Crippen LogP contribution in [-0.2, 0) is 14.3 Å². The quantitative estimate of drug-likeness (QED) is 0.782. The first-order chi connectivity index (χ1) is 12.5. The van der Waals surface area contributed by atoms with Crippen molar-refractivity contribution < 1.29 is 18.7 Å². The lowest BCUT2D eigenvalue weighted by molar-refractivity contribution is -0.142. The molecule has 1 atom stereocenters. The number of rotatable bonds is 5. The van der Waals surface area contributed by atoms with Gasteiger partial charge in [0.2, 0.25) is 5.91 Å². The van der Waals surface area contributed by atoms with Crippen LogP contribution in [0.4, 0.5) is 10.1 Å². The highest BCUT2D eigenvalue weighted by Gasteiger charge is 2.30. The molecule has 2 heterocycles. The first-order valence-corrected chi connectivity index (χ1v) is 9.70. The topological polar surface area (TPSA) is 61.9 Å². The van der Waals surface area contributed by atoms with Crippen molar-refractivity contribution in [2.45, 2.75) is 25.4 Å². The Kier molecular flexibility index (Phi) is 6.61. The van der Waals surface area contributed by atoms with Gasteiger partial charge in [-0.3, -0.25) is 14.5 Å². The summed E-state index contributed by atoms with van der Waals surface area (Å²) < 4.78 is 19.8. The second-order valence-electron chi connectivity index (χ2n) is 6.59. The van der Waals surface area contributed by atoms with Crippen molar-refractivity contribution >= 4 is 33.4 Å². The van der Waals surface area contributed by atoms with Crippen LogP contribution in [-0.4, -0.2) is 67.0 Å². The third kappa shape index (κ3) is 5.02. The largest absolute Gasteiger partial charge is 0.368 e. The molecular formula is C18H23BrFN3O3. The lowest BCUT2D eigenvalue weighted by Gasteiger charge is -2.35. The van der Waals surface area contributed by atoms with Crippen LogP contribution in [0.5, 0.6) is 0 Å². The smallest absolute Gasteiger partial charge is 0.251 e. The molecule has 2 aliphatic rings. The average molecular weight is 428 g/mol. The van der Waals surface area contributed by atoms with E-state index in [4.69, 9.17) is 4.74 Å². The van der Waals surface area contributed by atoms with Gasteiger partial charge in [-0.05, 0) is 31.0 Å². The number of halogens is 2. The summed E-state index contributed by atoms with van der Waals surface area (Å²) >= 11 is 3.19. The number of amides is 2. The average Bonchev–Trinajstić information content (AvgIpc) is 3.17. The zero-order chi connectivity index (χ0) is 18.5. The van der Waals surface area contributed by atoms with E-state index in [1.165, 1.54) is 12.1 Å². The molecule has 0 unspecified atom stereocenters. The van der Waals surface area contributed by atoms with Crippen molar-refractivity contribution in [1.82, 2.24) is 9.80 Å².